The first-order valence-corrected chi connectivity index (χ1v) is 9.49. The van der Waals surface area contributed by atoms with Gasteiger partial charge in [0.05, 0.1) is 11.0 Å². The van der Waals surface area contributed by atoms with E-state index in [0.717, 1.165) is 50.5 Å². The van der Waals surface area contributed by atoms with Crippen molar-refractivity contribution in [1.29, 1.82) is 0 Å². The van der Waals surface area contributed by atoms with Crippen LogP contribution in [0.3, 0.4) is 0 Å². The van der Waals surface area contributed by atoms with Crippen LogP contribution in [0.5, 0.6) is 0 Å². The molecule has 4 rings (SSSR count). The SMILES string of the molecule is O=C(/C=C1\C2(C=CCCC2)NC(=O)C12CCCCC2)c1ccccc1. The predicted molar refractivity (Wildman–Crippen MR) is 98.2 cm³/mol. The largest absolute Gasteiger partial charge is 0.343 e. The van der Waals surface area contributed by atoms with E-state index in [0.29, 0.717) is 5.56 Å². The molecule has 1 saturated heterocycles. The van der Waals surface area contributed by atoms with Crippen molar-refractivity contribution in [3.63, 3.8) is 0 Å². The Morgan fingerprint density at radius 1 is 1.00 bits per heavy atom. The average Bonchev–Trinajstić information content (AvgIpc) is 2.86. The number of carbonyl (C=O) groups excluding carboxylic acids is 2. The Morgan fingerprint density at radius 3 is 2.44 bits per heavy atom. The number of carbonyl (C=O) groups is 2. The van der Waals surface area contributed by atoms with Crippen molar-refractivity contribution in [2.24, 2.45) is 5.41 Å². The van der Waals surface area contributed by atoms with Crippen LogP contribution in [0, 0.1) is 5.41 Å². The van der Waals surface area contributed by atoms with Gasteiger partial charge in [0.1, 0.15) is 0 Å². The summed E-state index contributed by atoms with van der Waals surface area (Å²) in [6.45, 7) is 0. The summed E-state index contributed by atoms with van der Waals surface area (Å²) in [4.78, 5) is 26.0. The highest BCUT2D eigenvalue weighted by atomic mass is 16.2. The molecule has 0 bridgehead atoms. The molecule has 3 aliphatic rings. The second-order valence-corrected chi connectivity index (χ2v) is 7.65. The van der Waals surface area contributed by atoms with E-state index in [4.69, 9.17) is 0 Å². The summed E-state index contributed by atoms with van der Waals surface area (Å²) in [7, 11) is 0. The summed E-state index contributed by atoms with van der Waals surface area (Å²) < 4.78 is 0. The second-order valence-electron chi connectivity index (χ2n) is 7.65. The fourth-order valence-electron chi connectivity index (χ4n) is 4.87. The Hall–Kier alpha value is -2.16. The van der Waals surface area contributed by atoms with Crippen LogP contribution >= 0.6 is 0 Å². The Balaban J connectivity index is 1.81. The lowest BCUT2D eigenvalue weighted by Crippen LogP contribution is -2.42. The number of rotatable bonds is 2. The topological polar surface area (TPSA) is 46.2 Å². The highest BCUT2D eigenvalue weighted by Gasteiger charge is 2.57. The van der Waals surface area contributed by atoms with Gasteiger partial charge in [0.2, 0.25) is 5.91 Å². The molecular weight excluding hydrogens is 310 g/mol. The highest BCUT2D eigenvalue weighted by Crippen LogP contribution is 2.53. The molecule has 1 aromatic rings. The molecule has 0 radical (unpaired) electrons. The zero-order chi connectivity index (χ0) is 17.3. The number of allylic oxidation sites excluding steroid dienone is 2. The Labute approximate surface area is 149 Å². The fraction of sp³-hybridized carbons (Fsp3) is 0.455. The average molecular weight is 335 g/mol. The smallest absolute Gasteiger partial charge is 0.231 e. The molecular formula is C22H25NO2. The lowest BCUT2D eigenvalue weighted by Gasteiger charge is -2.37. The van der Waals surface area contributed by atoms with Gasteiger partial charge in [0.15, 0.2) is 5.78 Å². The molecule has 0 aromatic heterocycles. The van der Waals surface area contributed by atoms with Gasteiger partial charge < -0.3 is 5.32 Å². The van der Waals surface area contributed by atoms with E-state index in [9.17, 15) is 9.59 Å². The van der Waals surface area contributed by atoms with Crippen molar-refractivity contribution < 1.29 is 9.59 Å². The molecule has 1 aromatic carbocycles. The molecule has 2 fully saturated rings. The number of hydrogen-bond acceptors (Lipinski definition) is 2. The highest BCUT2D eigenvalue weighted by molar-refractivity contribution is 6.07. The minimum Gasteiger partial charge on any atom is -0.343 e. The van der Waals surface area contributed by atoms with Crippen LogP contribution in [-0.2, 0) is 4.79 Å². The lowest BCUT2D eigenvalue weighted by atomic mass is 9.64. The van der Waals surface area contributed by atoms with Crippen molar-refractivity contribution >= 4 is 11.7 Å². The molecule has 1 aliphatic heterocycles. The van der Waals surface area contributed by atoms with Crippen molar-refractivity contribution in [3.05, 3.63) is 59.7 Å². The number of hydrogen-bond donors (Lipinski definition) is 1. The summed E-state index contributed by atoms with van der Waals surface area (Å²) >= 11 is 0. The van der Waals surface area contributed by atoms with Gasteiger partial charge in [-0.2, -0.15) is 0 Å². The Morgan fingerprint density at radius 2 is 1.76 bits per heavy atom. The van der Waals surface area contributed by atoms with Crippen molar-refractivity contribution in [1.82, 2.24) is 5.32 Å². The monoisotopic (exact) mass is 335 g/mol. The predicted octanol–water partition coefficient (Wildman–Crippen LogP) is 4.35. The van der Waals surface area contributed by atoms with E-state index in [-0.39, 0.29) is 11.7 Å². The summed E-state index contributed by atoms with van der Waals surface area (Å²) in [6.07, 6.45) is 14.1. The van der Waals surface area contributed by atoms with E-state index in [1.54, 1.807) is 6.08 Å². The first-order chi connectivity index (χ1) is 12.2. The zero-order valence-electron chi connectivity index (χ0n) is 14.6. The number of ketones is 1. The minimum atomic E-state index is -0.482. The van der Waals surface area contributed by atoms with Gasteiger partial charge in [-0.3, -0.25) is 9.59 Å². The van der Waals surface area contributed by atoms with E-state index in [2.05, 4.69) is 17.5 Å². The molecule has 130 valence electrons. The summed E-state index contributed by atoms with van der Waals surface area (Å²) in [5, 5.41) is 3.29. The molecule has 1 unspecified atom stereocenters. The van der Waals surface area contributed by atoms with Crippen LogP contribution in [0.2, 0.25) is 0 Å². The zero-order valence-corrected chi connectivity index (χ0v) is 14.6. The molecule has 1 atom stereocenters. The van der Waals surface area contributed by atoms with Gasteiger partial charge in [0.25, 0.3) is 0 Å². The molecule has 3 nitrogen and oxygen atoms in total. The molecule has 3 heteroatoms. The van der Waals surface area contributed by atoms with E-state index in [1.165, 1.54) is 6.42 Å². The van der Waals surface area contributed by atoms with Crippen LogP contribution in [0.1, 0.15) is 61.7 Å². The summed E-state index contributed by atoms with van der Waals surface area (Å²) in [5.74, 6) is 0.140. The van der Waals surface area contributed by atoms with Gasteiger partial charge in [-0.05, 0) is 43.8 Å². The van der Waals surface area contributed by atoms with E-state index in [1.807, 2.05) is 30.3 Å². The van der Waals surface area contributed by atoms with E-state index >= 15 is 0 Å². The molecule has 1 amide bonds. The van der Waals surface area contributed by atoms with Crippen LogP contribution in [-0.4, -0.2) is 17.2 Å². The van der Waals surface area contributed by atoms with Crippen LogP contribution < -0.4 is 5.32 Å². The quantitative estimate of drug-likeness (QED) is 0.496. The minimum absolute atomic E-state index is 0.00963. The molecule has 1 N–H and O–H groups in total. The maximum atomic E-state index is 13.1. The normalized spacial score (nSPS) is 29.3. The fourth-order valence-corrected chi connectivity index (χ4v) is 4.87. The molecule has 1 heterocycles. The van der Waals surface area contributed by atoms with Crippen LogP contribution in [0.4, 0.5) is 0 Å². The van der Waals surface area contributed by atoms with Gasteiger partial charge in [-0.1, -0.05) is 61.7 Å². The Kier molecular flexibility index (Phi) is 4.10. The Bertz CT molecular complexity index is 741. The third kappa shape index (κ3) is 2.66. The number of nitrogens with one attached hydrogen (secondary N) is 1. The van der Waals surface area contributed by atoms with Crippen LogP contribution in [0.15, 0.2) is 54.1 Å². The third-order valence-electron chi connectivity index (χ3n) is 6.15. The first kappa shape index (κ1) is 16.3. The van der Waals surface area contributed by atoms with Crippen LogP contribution in [0.25, 0.3) is 0 Å². The number of amides is 1. The van der Waals surface area contributed by atoms with Crippen molar-refractivity contribution in [2.75, 3.05) is 0 Å². The molecule has 1 saturated carbocycles. The maximum absolute atomic E-state index is 13.1. The number of benzene rings is 1. The van der Waals surface area contributed by atoms with Crippen molar-refractivity contribution in [3.8, 4) is 0 Å². The molecule has 25 heavy (non-hydrogen) atoms. The van der Waals surface area contributed by atoms with Gasteiger partial charge in [-0.15, -0.1) is 0 Å². The third-order valence-corrected chi connectivity index (χ3v) is 6.15. The summed E-state index contributed by atoms with van der Waals surface area (Å²) in [6, 6.07) is 9.38. The standard InChI is InChI=1S/C22H25NO2/c24-18(17-10-4-1-5-11-17)16-19-21(12-6-2-7-13-21)20(25)23-22(19)14-8-3-9-15-22/h1,4-5,8,10-11,14,16H,2-3,6-7,9,12-13,15H2,(H,23,25)/b19-16-. The van der Waals surface area contributed by atoms with Gasteiger partial charge in [0, 0.05) is 5.56 Å². The lowest BCUT2D eigenvalue weighted by molar-refractivity contribution is -0.128. The van der Waals surface area contributed by atoms with Gasteiger partial charge >= 0.3 is 0 Å². The van der Waals surface area contributed by atoms with E-state index < -0.39 is 11.0 Å². The first-order valence-electron chi connectivity index (χ1n) is 9.49. The molecule has 2 aliphatic carbocycles. The second kappa shape index (κ2) is 6.29. The van der Waals surface area contributed by atoms with Crippen molar-refractivity contribution in [2.45, 2.75) is 56.9 Å². The summed E-state index contributed by atoms with van der Waals surface area (Å²) in [5.41, 5.74) is 0.784. The van der Waals surface area contributed by atoms with Gasteiger partial charge in [-0.25, -0.2) is 0 Å². The maximum Gasteiger partial charge on any atom is 0.231 e. The molecule has 2 spiro atoms.